The Hall–Kier alpha value is -14.8. The van der Waals surface area contributed by atoms with Crippen LogP contribution in [0.1, 0.15) is 34.9 Å². The molecule has 16 aromatic rings. The van der Waals surface area contributed by atoms with Crippen LogP contribution in [-0.4, -0.2) is 168 Å². The number of aromatic nitrogens is 16. The van der Waals surface area contributed by atoms with Gasteiger partial charge >= 0.3 is 0 Å². The van der Waals surface area contributed by atoms with Gasteiger partial charge in [0.15, 0.2) is 43.2 Å². The lowest BCUT2D eigenvalue weighted by atomic mass is 10.1. The molecule has 0 atom stereocenters. The van der Waals surface area contributed by atoms with Gasteiger partial charge in [-0.2, -0.15) is 20.4 Å². The predicted molar refractivity (Wildman–Crippen MR) is 488 cm³/mol. The van der Waals surface area contributed by atoms with Crippen LogP contribution < -0.4 is 71.9 Å². The highest BCUT2D eigenvalue weighted by atomic mass is 32.2. The number of nitrogens with zero attached hydrogens (tertiary/aromatic N) is 12. The Bertz CT molecular complexity index is 6940. The number of hydrogen-bond acceptors (Lipinski definition) is 26. The SMILES string of the molecule is CCOc1ccccc1-n1c(SCC(=O)Nc2cccc(OC)c2)nc2n[nH]c(C)c2c1=N.COc1ccc(OC)c(NC(=O)CSc2nc3[nH]ncc3c(=O)n2-c2cccc(C)c2)c1.COc1ccccc1NC(=O)CSc1nc2[nH]ncc2c(=O)n1-c1ccc(C)c(C)c1.COc1ccccc1NC(=O)CSc1nc2[nH]ncc2c(=O)n1-c1ccc(C)cc1. The highest BCUT2D eigenvalue weighted by molar-refractivity contribution is 8.00. The lowest BCUT2D eigenvalue weighted by Crippen LogP contribution is -2.23. The number of carbonyl (C=O) groups excluding carboxylic acids is 4. The van der Waals surface area contributed by atoms with Gasteiger partial charge in [0.2, 0.25) is 23.6 Å². The van der Waals surface area contributed by atoms with Crippen LogP contribution in [0.15, 0.2) is 236 Å². The number of aryl methyl sites for hydroxylation is 5. The second-order valence-corrected chi connectivity index (χ2v) is 31.3. The van der Waals surface area contributed by atoms with Crippen molar-refractivity contribution >= 4 is 138 Å². The smallest absolute Gasteiger partial charge is 0.269 e. The third-order valence-electron chi connectivity index (χ3n) is 19.0. The van der Waals surface area contributed by atoms with Crippen LogP contribution >= 0.6 is 47.0 Å². The van der Waals surface area contributed by atoms with Crippen LogP contribution in [0.3, 0.4) is 0 Å². The van der Waals surface area contributed by atoms with Gasteiger partial charge in [-0.05, 0) is 155 Å². The van der Waals surface area contributed by atoms with Crippen LogP contribution in [-0.2, 0) is 19.2 Å². The second kappa shape index (κ2) is 41.4. The molecule has 38 heteroatoms. The largest absolute Gasteiger partial charge is 0.497 e. The van der Waals surface area contributed by atoms with Crippen LogP contribution in [0.2, 0.25) is 0 Å². The summed E-state index contributed by atoms with van der Waals surface area (Å²) in [6.45, 7) is 12.2. The molecule has 0 fully saturated rings. The van der Waals surface area contributed by atoms with Gasteiger partial charge in [-0.25, -0.2) is 19.9 Å². The van der Waals surface area contributed by atoms with Gasteiger partial charge in [-0.15, -0.1) is 0 Å². The first kappa shape index (κ1) is 89.0. The number of nitrogens with one attached hydrogen (secondary N) is 9. The molecule has 8 aromatic heterocycles. The summed E-state index contributed by atoms with van der Waals surface area (Å²) in [5.74, 6) is 2.83. The topological polar surface area (TPSA) is 433 Å². The minimum absolute atomic E-state index is 0.0261. The number of H-pyrrole nitrogens is 4. The van der Waals surface area contributed by atoms with E-state index in [9.17, 15) is 33.6 Å². The van der Waals surface area contributed by atoms with E-state index in [1.165, 1.54) is 74.7 Å². The number of anilines is 4. The molecule has 8 heterocycles. The van der Waals surface area contributed by atoms with E-state index >= 15 is 0 Å². The Morgan fingerprint density at radius 1 is 0.405 bits per heavy atom. The summed E-state index contributed by atoms with van der Waals surface area (Å²) in [6, 6.07) is 55.0. The van der Waals surface area contributed by atoms with E-state index in [0.29, 0.717) is 151 Å². The molecule has 0 unspecified atom stereocenters. The summed E-state index contributed by atoms with van der Waals surface area (Å²) in [7, 11) is 7.74. The molecule has 0 radical (unpaired) electrons. The molecule has 8 aromatic carbocycles. The summed E-state index contributed by atoms with van der Waals surface area (Å²) in [4.78, 5) is 108. The van der Waals surface area contributed by atoms with Crippen LogP contribution in [0.5, 0.6) is 34.5 Å². The number of ether oxygens (including phenoxy) is 6. The molecule has 0 saturated carbocycles. The Morgan fingerprint density at radius 2 is 0.857 bits per heavy atom. The molecule has 0 aliphatic heterocycles. The van der Waals surface area contributed by atoms with Crippen molar-refractivity contribution in [2.24, 2.45) is 0 Å². The Balaban J connectivity index is 0.000000144. The van der Waals surface area contributed by atoms with Crippen molar-refractivity contribution in [1.82, 2.24) is 79.0 Å². The van der Waals surface area contributed by atoms with Crippen LogP contribution in [0.25, 0.3) is 66.9 Å². The van der Waals surface area contributed by atoms with E-state index < -0.39 is 0 Å². The van der Waals surface area contributed by atoms with Crippen molar-refractivity contribution in [3.8, 4) is 57.2 Å². The van der Waals surface area contributed by atoms with E-state index in [0.717, 1.165) is 39.7 Å². The molecule has 0 aliphatic rings. The van der Waals surface area contributed by atoms with Gasteiger partial charge in [0.1, 0.15) is 56.1 Å². The maximum atomic E-state index is 13.2. The summed E-state index contributed by atoms with van der Waals surface area (Å²) in [5, 5.41) is 50.7. The number of amides is 4. The van der Waals surface area contributed by atoms with E-state index in [2.05, 4.69) is 82.0 Å². The molecule has 0 spiro atoms. The lowest BCUT2D eigenvalue weighted by molar-refractivity contribution is -0.114. The third kappa shape index (κ3) is 21.1. The molecular formula is C88H85N21O13S4. The fourth-order valence-electron chi connectivity index (χ4n) is 12.7. The lowest BCUT2D eigenvalue weighted by Gasteiger charge is -2.16. The summed E-state index contributed by atoms with van der Waals surface area (Å²) in [6.07, 6.45) is 4.37. The van der Waals surface area contributed by atoms with Crippen molar-refractivity contribution < 1.29 is 47.6 Å². The van der Waals surface area contributed by atoms with Gasteiger partial charge < -0.3 is 49.7 Å². The highest BCUT2D eigenvalue weighted by Gasteiger charge is 2.24. The quantitative estimate of drug-likeness (QED) is 0.0170. The molecule has 4 amide bonds. The van der Waals surface area contributed by atoms with Gasteiger partial charge in [0.05, 0.1) is 129 Å². The predicted octanol–water partition coefficient (Wildman–Crippen LogP) is 13.5. The molecule has 644 valence electrons. The minimum atomic E-state index is -0.281. The molecular weight excluding hydrogens is 1690 g/mol. The number of hydrogen-bond donors (Lipinski definition) is 9. The number of carbonyl (C=O) groups is 4. The standard InChI is InChI=1S/C23H24N6O3S.C22H21N5O4S.C22H21N5O3S.C21H19N5O3S/c1-4-32-18-11-6-5-10-17(18)29-21(24)20-14(2)27-28-22(20)26-23(29)33-13-19(30)25-15-8-7-9-16(12-15)31-3;1-13-5-4-6-14(9-13)27-21(29)16-11-23-26-20(16)25-22(27)32-12-19(28)24-17-10-15(30-2)7-8-18(17)31-3;1-13-8-9-15(10-14(13)2)27-21(29)16-11-23-26-20(16)25-22(27)31-12-19(28)24-17-6-4-5-7-18(17)30-3;1-13-7-9-14(10-8-13)26-20(28)15-11-22-25-19(15)24-21(26)30-12-18(27)23-16-5-3-4-6-17(16)29-2/h5-12,24H,4,13H2,1-3H3,(H,25,30)(H,27,28);4-11H,12H2,1-3H3,(H,23,26)(H,24,28);4-11H,12H2,1-3H3,(H,23,26)(H,24,28);3-11H,12H2,1-2H3,(H,22,25)(H,23,27). The van der Waals surface area contributed by atoms with Crippen molar-refractivity contribution in [2.75, 3.05) is 86.4 Å². The fourth-order valence-corrected chi connectivity index (χ4v) is 15.9. The molecule has 0 saturated heterocycles. The van der Waals surface area contributed by atoms with Crippen molar-refractivity contribution in [2.45, 2.75) is 62.2 Å². The maximum Gasteiger partial charge on any atom is 0.269 e. The van der Waals surface area contributed by atoms with Crippen molar-refractivity contribution in [3.63, 3.8) is 0 Å². The molecule has 9 N–H and O–H groups in total. The zero-order valence-electron chi connectivity index (χ0n) is 69.9. The van der Waals surface area contributed by atoms with Crippen LogP contribution in [0, 0.1) is 40.0 Å². The number of rotatable bonds is 27. The van der Waals surface area contributed by atoms with Gasteiger partial charge in [0.25, 0.3) is 16.7 Å². The normalized spacial score (nSPS) is 10.9. The molecule has 0 aliphatic carbocycles. The highest BCUT2D eigenvalue weighted by Crippen LogP contribution is 2.34. The number of aromatic amines is 4. The average Bonchev–Trinajstić information content (AvgIpc) is 1.53. The Labute approximate surface area is 735 Å². The fraction of sp³-hybridized carbons (Fsp3) is 0.182. The number of fused-ring (bicyclic) bond motifs is 4. The third-order valence-corrected chi connectivity index (χ3v) is 22.7. The number of para-hydroxylation sites is 6. The van der Waals surface area contributed by atoms with E-state index in [4.69, 9.17) is 33.8 Å². The zero-order valence-corrected chi connectivity index (χ0v) is 73.2. The first-order valence-corrected chi connectivity index (χ1v) is 42.7. The molecule has 16 rings (SSSR count). The number of benzene rings is 8. The second-order valence-electron chi connectivity index (χ2n) is 27.5. The Morgan fingerprint density at radius 3 is 1.37 bits per heavy atom. The molecule has 0 bridgehead atoms. The van der Waals surface area contributed by atoms with Crippen LogP contribution in [0.4, 0.5) is 22.7 Å². The first-order chi connectivity index (χ1) is 61.0. The molecule has 126 heavy (non-hydrogen) atoms. The number of methoxy groups -OCH3 is 5. The van der Waals surface area contributed by atoms with E-state index in [-0.39, 0.29) is 68.8 Å². The number of thioether (sulfide) groups is 4. The minimum Gasteiger partial charge on any atom is -0.497 e. The maximum absolute atomic E-state index is 13.2. The van der Waals surface area contributed by atoms with Gasteiger partial charge in [-0.1, -0.05) is 125 Å². The summed E-state index contributed by atoms with van der Waals surface area (Å²) >= 11 is 4.72. The summed E-state index contributed by atoms with van der Waals surface area (Å²) in [5.41, 5.74) is 11.1. The van der Waals surface area contributed by atoms with Crippen molar-refractivity contribution in [3.05, 3.63) is 265 Å². The van der Waals surface area contributed by atoms with Crippen molar-refractivity contribution in [1.29, 1.82) is 5.41 Å². The molecule has 34 nitrogen and oxygen atoms in total. The average molecular weight is 1770 g/mol. The van der Waals surface area contributed by atoms with Gasteiger partial charge in [0, 0.05) is 23.5 Å². The summed E-state index contributed by atoms with van der Waals surface area (Å²) < 4.78 is 38.3. The van der Waals surface area contributed by atoms with Gasteiger partial charge in [-0.3, -0.25) is 77.6 Å². The zero-order chi connectivity index (χ0) is 89.1. The Kier molecular flexibility index (Phi) is 29.3. The van der Waals surface area contributed by atoms with E-state index in [1.54, 1.807) is 87.6 Å². The van der Waals surface area contributed by atoms with E-state index in [1.807, 2.05) is 169 Å². The first-order valence-electron chi connectivity index (χ1n) is 38.7. The monoisotopic (exact) mass is 1770 g/mol.